The minimum atomic E-state index is -0.882. The van der Waals surface area contributed by atoms with Gasteiger partial charge in [-0.25, -0.2) is 9.69 Å². The maximum absolute atomic E-state index is 11.9. The number of alkyl halides is 1. The predicted octanol–water partition coefficient (Wildman–Crippen LogP) is 1.87. The number of benzene rings is 1. The fourth-order valence-electron chi connectivity index (χ4n) is 1.61. The number of hydrogen-bond acceptors (Lipinski definition) is 3. The zero-order chi connectivity index (χ0) is 13.3. The highest BCUT2D eigenvalue weighted by Gasteiger charge is 2.44. The lowest BCUT2D eigenvalue weighted by Gasteiger charge is -2.14. The van der Waals surface area contributed by atoms with Crippen molar-refractivity contribution in [3.05, 3.63) is 29.3 Å². The Labute approximate surface area is 113 Å². The number of carbonyl (C=O) groups excluding carboxylic acids is 3. The molecule has 0 bridgehead atoms. The summed E-state index contributed by atoms with van der Waals surface area (Å²) in [6.45, 7) is 0.00898. The van der Waals surface area contributed by atoms with E-state index in [4.69, 9.17) is 23.2 Å². The summed E-state index contributed by atoms with van der Waals surface area (Å²) in [4.78, 5) is 36.9. The van der Waals surface area contributed by atoms with Gasteiger partial charge in [-0.15, -0.1) is 11.6 Å². The second kappa shape index (κ2) is 4.96. The summed E-state index contributed by atoms with van der Waals surface area (Å²) in [7, 11) is 0. The van der Waals surface area contributed by atoms with Crippen LogP contribution in [0.2, 0.25) is 5.02 Å². The van der Waals surface area contributed by atoms with Crippen molar-refractivity contribution in [2.45, 2.75) is 0 Å². The Kier molecular flexibility index (Phi) is 3.54. The summed E-state index contributed by atoms with van der Waals surface area (Å²) >= 11 is 11.2. The third-order valence-electron chi connectivity index (χ3n) is 2.45. The molecule has 0 radical (unpaired) electrons. The summed E-state index contributed by atoms with van der Waals surface area (Å²) in [6.07, 6.45) is 0. The molecule has 4 amide bonds. The molecule has 1 aliphatic heterocycles. The van der Waals surface area contributed by atoms with Gasteiger partial charge in [0.05, 0.1) is 5.69 Å². The minimum Gasteiger partial charge on any atom is -0.263 e. The molecule has 0 saturated carbocycles. The average molecular weight is 287 g/mol. The Morgan fingerprint density at radius 3 is 2.17 bits per heavy atom. The van der Waals surface area contributed by atoms with Crippen LogP contribution in [-0.4, -0.2) is 35.2 Å². The Morgan fingerprint density at radius 1 is 1.00 bits per heavy atom. The fourth-order valence-corrected chi connectivity index (χ4v) is 1.90. The quantitative estimate of drug-likeness (QED) is 0.484. The first-order valence-electron chi connectivity index (χ1n) is 5.07. The van der Waals surface area contributed by atoms with Crippen molar-refractivity contribution < 1.29 is 14.4 Å². The number of hydrogen-bond donors (Lipinski definition) is 0. The smallest absolute Gasteiger partial charge is 0.263 e. The highest BCUT2D eigenvalue weighted by molar-refractivity contribution is 6.52. The van der Waals surface area contributed by atoms with Crippen LogP contribution in [0.1, 0.15) is 0 Å². The number of anilines is 1. The van der Waals surface area contributed by atoms with E-state index in [0.717, 1.165) is 9.80 Å². The summed E-state index contributed by atoms with van der Waals surface area (Å²) in [6, 6.07) is 5.37. The van der Waals surface area contributed by atoms with Crippen LogP contribution in [0, 0.1) is 0 Å². The van der Waals surface area contributed by atoms with E-state index in [2.05, 4.69) is 0 Å². The van der Waals surface area contributed by atoms with E-state index < -0.39 is 17.8 Å². The third-order valence-corrected chi connectivity index (χ3v) is 2.87. The third kappa shape index (κ3) is 2.07. The molecule has 1 aromatic carbocycles. The maximum atomic E-state index is 11.9. The van der Waals surface area contributed by atoms with Gasteiger partial charge in [0.2, 0.25) is 0 Å². The van der Waals surface area contributed by atoms with Gasteiger partial charge in [-0.05, 0) is 24.3 Å². The number of halogens is 2. The molecular weight excluding hydrogens is 279 g/mol. The van der Waals surface area contributed by atoms with Crippen molar-refractivity contribution in [3.8, 4) is 0 Å². The monoisotopic (exact) mass is 286 g/mol. The number of imide groups is 2. The first-order chi connectivity index (χ1) is 8.56. The standard InChI is InChI=1S/C11H8Cl2N2O3/c12-5-6-14-9(16)10(17)15(11(14)18)8-3-1-7(13)2-4-8/h1-4H,5-6H2. The molecule has 1 heterocycles. The van der Waals surface area contributed by atoms with Crippen LogP contribution >= 0.6 is 23.2 Å². The number of nitrogens with zero attached hydrogens (tertiary/aromatic N) is 2. The SMILES string of the molecule is O=C1C(=O)N(c2ccc(Cl)cc2)C(=O)N1CCCl. The molecule has 5 nitrogen and oxygen atoms in total. The van der Waals surface area contributed by atoms with E-state index in [0.29, 0.717) is 10.7 Å². The number of rotatable bonds is 3. The van der Waals surface area contributed by atoms with Gasteiger partial charge in [0.15, 0.2) is 0 Å². The molecule has 0 spiro atoms. The molecule has 1 fully saturated rings. The van der Waals surface area contributed by atoms with Gasteiger partial charge in [0.1, 0.15) is 0 Å². The van der Waals surface area contributed by atoms with Crippen LogP contribution in [0.3, 0.4) is 0 Å². The highest BCUT2D eigenvalue weighted by Crippen LogP contribution is 2.23. The molecule has 94 valence electrons. The van der Waals surface area contributed by atoms with Crippen LogP contribution < -0.4 is 4.90 Å². The van der Waals surface area contributed by atoms with Gasteiger partial charge in [0.25, 0.3) is 0 Å². The van der Waals surface area contributed by atoms with E-state index in [1.54, 1.807) is 0 Å². The molecule has 1 aromatic rings. The van der Waals surface area contributed by atoms with E-state index in [9.17, 15) is 14.4 Å². The topological polar surface area (TPSA) is 57.7 Å². The van der Waals surface area contributed by atoms with E-state index >= 15 is 0 Å². The van der Waals surface area contributed by atoms with Crippen molar-refractivity contribution in [2.24, 2.45) is 0 Å². The first kappa shape index (κ1) is 12.9. The Balaban J connectivity index is 2.34. The van der Waals surface area contributed by atoms with E-state index in [1.165, 1.54) is 24.3 Å². The molecule has 1 saturated heterocycles. The number of amides is 4. The van der Waals surface area contributed by atoms with E-state index in [1.807, 2.05) is 0 Å². The highest BCUT2D eigenvalue weighted by atomic mass is 35.5. The fraction of sp³-hybridized carbons (Fsp3) is 0.182. The molecule has 0 aromatic heterocycles. The van der Waals surface area contributed by atoms with Crippen LogP contribution in [0.5, 0.6) is 0 Å². The second-order valence-corrected chi connectivity index (χ2v) is 4.36. The maximum Gasteiger partial charge on any atom is 0.338 e. The average Bonchev–Trinajstić information content (AvgIpc) is 2.56. The van der Waals surface area contributed by atoms with Crippen LogP contribution in [0.4, 0.5) is 10.5 Å². The van der Waals surface area contributed by atoms with Gasteiger partial charge in [-0.3, -0.25) is 14.5 Å². The van der Waals surface area contributed by atoms with Gasteiger partial charge in [0, 0.05) is 17.4 Å². The first-order valence-corrected chi connectivity index (χ1v) is 5.99. The van der Waals surface area contributed by atoms with Gasteiger partial charge in [-0.2, -0.15) is 0 Å². The van der Waals surface area contributed by atoms with Crippen molar-refractivity contribution in [1.29, 1.82) is 0 Å². The molecule has 0 atom stereocenters. The molecule has 2 rings (SSSR count). The van der Waals surface area contributed by atoms with Crippen molar-refractivity contribution in [2.75, 3.05) is 17.3 Å². The molecular formula is C11H8Cl2N2O3. The van der Waals surface area contributed by atoms with E-state index in [-0.39, 0.29) is 12.4 Å². The summed E-state index contributed by atoms with van der Waals surface area (Å²) in [5.74, 6) is -1.66. The Hall–Kier alpha value is -1.59. The molecule has 7 heteroatoms. The number of urea groups is 1. The molecule has 0 unspecified atom stereocenters. The van der Waals surface area contributed by atoms with Gasteiger partial charge < -0.3 is 0 Å². The normalized spacial score (nSPS) is 15.8. The predicted molar refractivity (Wildman–Crippen MR) is 66.8 cm³/mol. The van der Waals surface area contributed by atoms with Crippen LogP contribution in [0.25, 0.3) is 0 Å². The zero-order valence-electron chi connectivity index (χ0n) is 9.10. The molecule has 18 heavy (non-hydrogen) atoms. The van der Waals surface area contributed by atoms with Crippen LogP contribution in [0.15, 0.2) is 24.3 Å². The minimum absolute atomic E-state index is 0.00898. The zero-order valence-corrected chi connectivity index (χ0v) is 10.6. The lowest BCUT2D eigenvalue weighted by Crippen LogP contribution is -2.34. The second-order valence-electron chi connectivity index (χ2n) is 3.55. The van der Waals surface area contributed by atoms with Crippen molar-refractivity contribution >= 4 is 46.7 Å². The summed E-state index contributed by atoms with van der Waals surface area (Å²) in [5, 5.41) is 0.474. The summed E-state index contributed by atoms with van der Waals surface area (Å²) < 4.78 is 0. The summed E-state index contributed by atoms with van der Waals surface area (Å²) in [5.41, 5.74) is 0.305. The Morgan fingerprint density at radius 2 is 1.61 bits per heavy atom. The molecule has 1 aliphatic rings. The van der Waals surface area contributed by atoms with Crippen molar-refractivity contribution in [3.63, 3.8) is 0 Å². The Bertz CT molecular complexity index is 516. The molecule has 0 N–H and O–H groups in total. The largest absolute Gasteiger partial charge is 0.338 e. The van der Waals surface area contributed by atoms with Crippen molar-refractivity contribution in [1.82, 2.24) is 4.90 Å². The lowest BCUT2D eigenvalue weighted by atomic mass is 10.3. The van der Waals surface area contributed by atoms with Gasteiger partial charge in [-0.1, -0.05) is 11.6 Å². The van der Waals surface area contributed by atoms with Crippen LogP contribution in [-0.2, 0) is 9.59 Å². The number of carbonyl (C=O) groups is 3. The lowest BCUT2D eigenvalue weighted by molar-refractivity contribution is -0.139. The van der Waals surface area contributed by atoms with Gasteiger partial charge >= 0.3 is 17.8 Å². The molecule has 0 aliphatic carbocycles.